The predicted molar refractivity (Wildman–Crippen MR) is 71.6 cm³/mol. The maximum atomic E-state index is 12.0. The first-order valence-electron chi connectivity index (χ1n) is 5.95. The summed E-state index contributed by atoms with van der Waals surface area (Å²) in [5.41, 5.74) is 8.20. The fourth-order valence-corrected chi connectivity index (χ4v) is 1.90. The van der Waals surface area contributed by atoms with E-state index < -0.39 is 0 Å². The zero-order valence-corrected chi connectivity index (χ0v) is 10.4. The van der Waals surface area contributed by atoms with E-state index in [-0.39, 0.29) is 11.6 Å². The van der Waals surface area contributed by atoms with E-state index in [9.17, 15) is 4.79 Å². The van der Waals surface area contributed by atoms with Gasteiger partial charge in [-0.2, -0.15) is 0 Å². The van der Waals surface area contributed by atoms with Crippen LogP contribution in [0.25, 0.3) is 17.0 Å². The number of fused-ring (bicyclic) bond motifs is 1. The van der Waals surface area contributed by atoms with Gasteiger partial charge in [0.1, 0.15) is 0 Å². The van der Waals surface area contributed by atoms with E-state index >= 15 is 0 Å². The largest absolute Gasteiger partial charge is 0.323 e. The molecule has 0 aliphatic heterocycles. The zero-order chi connectivity index (χ0) is 13.4. The van der Waals surface area contributed by atoms with Crippen LogP contribution in [-0.2, 0) is 0 Å². The van der Waals surface area contributed by atoms with Gasteiger partial charge in [0, 0.05) is 24.4 Å². The van der Waals surface area contributed by atoms with Crippen LogP contribution in [0.5, 0.6) is 0 Å². The Morgan fingerprint density at radius 2 is 2.21 bits per heavy atom. The standard InChI is InChI=1S/C13H13N5O/c1-8(14)10-7-13(19)18-12(16-10)6-11(17-18)9-4-2-3-5-15-9/h2-8,17H,14H2,1H3. The van der Waals surface area contributed by atoms with Gasteiger partial charge in [0.15, 0.2) is 5.65 Å². The number of hydrogen-bond acceptors (Lipinski definition) is 4. The molecule has 3 aromatic rings. The molecule has 0 aliphatic rings. The first kappa shape index (κ1) is 11.6. The highest BCUT2D eigenvalue weighted by atomic mass is 16.1. The van der Waals surface area contributed by atoms with Crippen molar-refractivity contribution in [2.45, 2.75) is 13.0 Å². The summed E-state index contributed by atoms with van der Waals surface area (Å²) >= 11 is 0. The van der Waals surface area contributed by atoms with Crippen molar-refractivity contribution in [1.29, 1.82) is 0 Å². The van der Waals surface area contributed by atoms with Gasteiger partial charge in [0.25, 0.3) is 5.56 Å². The Labute approximate surface area is 108 Å². The van der Waals surface area contributed by atoms with Crippen molar-refractivity contribution in [2.24, 2.45) is 5.73 Å². The first-order chi connectivity index (χ1) is 9.15. The Hall–Kier alpha value is -2.47. The number of nitrogens with two attached hydrogens (primary N) is 1. The van der Waals surface area contributed by atoms with E-state index in [0.717, 1.165) is 11.4 Å². The van der Waals surface area contributed by atoms with E-state index in [1.54, 1.807) is 19.2 Å². The van der Waals surface area contributed by atoms with Crippen molar-refractivity contribution in [2.75, 3.05) is 0 Å². The number of aromatic nitrogens is 4. The third-order valence-corrected chi connectivity index (χ3v) is 2.88. The van der Waals surface area contributed by atoms with Crippen molar-refractivity contribution in [3.05, 3.63) is 52.6 Å². The van der Waals surface area contributed by atoms with Gasteiger partial charge in [-0.25, -0.2) is 9.50 Å². The number of H-pyrrole nitrogens is 1. The number of aromatic amines is 1. The molecule has 96 valence electrons. The smallest absolute Gasteiger partial charge is 0.272 e. The lowest BCUT2D eigenvalue weighted by atomic mass is 10.2. The molecule has 6 nitrogen and oxygen atoms in total. The molecular weight excluding hydrogens is 242 g/mol. The molecule has 0 aromatic carbocycles. The van der Waals surface area contributed by atoms with Crippen LogP contribution in [0.1, 0.15) is 18.7 Å². The molecule has 1 unspecified atom stereocenters. The van der Waals surface area contributed by atoms with Crippen LogP contribution in [0.4, 0.5) is 0 Å². The van der Waals surface area contributed by atoms with Crippen LogP contribution in [-0.4, -0.2) is 19.6 Å². The fourth-order valence-electron chi connectivity index (χ4n) is 1.90. The lowest BCUT2D eigenvalue weighted by Gasteiger charge is -2.03. The number of nitrogens with one attached hydrogen (secondary N) is 1. The first-order valence-corrected chi connectivity index (χ1v) is 5.95. The minimum Gasteiger partial charge on any atom is -0.323 e. The lowest BCUT2D eigenvalue weighted by molar-refractivity contribution is 0.765. The Balaban J connectivity index is 2.21. The summed E-state index contributed by atoms with van der Waals surface area (Å²) in [5.74, 6) is 0. The molecule has 0 amide bonds. The highest BCUT2D eigenvalue weighted by molar-refractivity contribution is 5.60. The predicted octanol–water partition coefficient (Wildman–Crippen LogP) is 1.10. The Morgan fingerprint density at radius 1 is 1.37 bits per heavy atom. The number of nitrogens with zero attached hydrogens (tertiary/aromatic N) is 3. The number of rotatable bonds is 2. The molecule has 0 fully saturated rings. The third kappa shape index (κ3) is 2.02. The van der Waals surface area contributed by atoms with Crippen LogP contribution in [0, 0.1) is 0 Å². The fraction of sp³-hybridized carbons (Fsp3) is 0.154. The molecule has 19 heavy (non-hydrogen) atoms. The zero-order valence-electron chi connectivity index (χ0n) is 10.4. The maximum absolute atomic E-state index is 12.0. The summed E-state index contributed by atoms with van der Waals surface area (Å²) in [6, 6.07) is 8.54. The molecular formula is C13H13N5O. The average Bonchev–Trinajstić information content (AvgIpc) is 2.84. The van der Waals surface area contributed by atoms with Gasteiger partial charge in [-0.05, 0) is 19.1 Å². The summed E-state index contributed by atoms with van der Waals surface area (Å²) in [6.07, 6.45) is 1.70. The minimum atomic E-state index is -0.272. The second-order valence-electron chi connectivity index (χ2n) is 4.39. The summed E-state index contributed by atoms with van der Waals surface area (Å²) in [6.45, 7) is 1.80. The number of pyridine rings is 1. The lowest BCUT2D eigenvalue weighted by Crippen LogP contribution is -2.18. The Bertz CT molecular complexity index is 773. The molecule has 0 radical (unpaired) electrons. The molecule has 1 atom stereocenters. The van der Waals surface area contributed by atoms with Gasteiger partial charge >= 0.3 is 0 Å². The minimum absolute atomic E-state index is 0.181. The molecule has 0 spiro atoms. The molecule has 3 aromatic heterocycles. The normalized spacial score (nSPS) is 12.7. The highest BCUT2D eigenvalue weighted by Crippen LogP contribution is 2.15. The van der Waals surface area contributed by atoms with E-state index in [4.69, 9.17) is 5.73 Å². The summed E-state index contributed by atoms with van der Waals surface area (Å²) in [4.78, 5) is 20.6. The molecule has 3 rings (SSSR count). The highest BCUT2D eigenvalue weighted by Gasteiger charge is 2.10. The number of hydrogen-bond donors (Lipinski definition) is 2. The molecule has 3 heterocycles. The van der Waals surface area contributed by atoms with Crippen LogP contribution >= 0.6 is 0 Å². The topological polar surface area (TPSA) is 89.1 Å². The van der Waals surface area contributed by atoms with Crippen LogP contribution in [0.3, 0.4) is 0 Å². The maximum Gasteiger partial charge on any atom is 0.272 e. The molecule has 0 saturated heterocycles. The van der Waals surface area contributed by atoms with Gasteiger partial charge in [-0.1, -0.05) is 6.07 Å². The molecule has 3 N–H and O–H groups in total. The summed E-state index contributed by atoms with van der Waals surface area (Å²) in [5, 5.41) is 2.98. The molecule has 0 aliphatic carbocycles. The summed E-state index contributed by atoms with van der Waals surface area (Å²) in [7, 11) is 0. The molecule has 6 heteroatoms. The van der Waals surface area contributed by atoms with Gasteiger partial charge in [-0.3, -0.25) is 14.9 Å². The van der Waals surface area contributed by atoms with Gasteiger partial charge < -0.3 is 5.73 Å². The SMILES string of the molecule is CC(N)c1cc(=O)n2[nH]c(-c3ccccn3)cc2n1. The van der Waals surface area contributed by atoms with E-state index in [1.165, 1.54) is 10.6 Å². The van der Waals surface area contributed by atoms with Gasteiger partial charge in [0.05, 0.1) is 17.1 Å². The second kappa shape index (κ2) is 4.33. The Kier molecular flexibility index (Phi) is 2.64. The van der Waals surface area contributed by atoms with Crippen molar-refractivity contribution in [1.82, 2.24) is 19.6 Å². The van der Waals surface area contributed by atoms with E-state index in [2.05, 4.69) is 15.1 Å². The molecule has 0 bridgehead atoms. The Morgan fingerprint density at radius 3 is 2.89 bits per heavy atom. The van der Waals surface area contributed by atoms with E-state index in [0.29, 0.717) is 11.3 Å². The quantitative estimate of drug-likeness (QED) is 0.717. The molecule has 0 saturated carbocycles. The third-order valence-electron chi connectivity index (χ3n) is 2.88. The van der Waals surface area contributed by atoms with Gasteiger partial charge in [-0.15, -0.1) is 0 Å². The van der Waals surface area contributed by atoms with Crippen molar-refractivity contribution >= 4 is 5.65 Å². The monoisotopic (exact) mass is 255 g/mol. The second-order valence-corrected chi connectivity index (χ2v) is 4.39. The van der Waals surface area contributed by atoms with Crippen LogP contribution < -0.4 is 11.3 Å². The van der Waals surface area contributed by atoms with Crippen molar-refractivity contribution in [3.8, 4) is 11.4 Å². The van der Waals surface area contributed by atoms with Crippen molar-refractivity contribution < 1.29 is 0 Å². The van der Waals surface area contributed by atoms with E-state index in [1.807, 2.05) is 18.2 Å². The van der Waals surface area contributed by atoms with Crippen molar-refractivity contribution in [3.63, 3.8) is 0 Å². The summed E-state index contributed by atoms with van der Waals surface area (Å²) < 4.78 is 1.38. The van der Waals surface area contributed by atoms with Gasteiger partial charge in [0.2, 0.25) is 0 Å². The van der Waals surface area contributed by atoms with Crippen LogP contribution in [0.2, 0.25) is 0 Å². The van der Waals surface area contributed by atoms with Crippen LogP contribution in [0.15, 0.2) is 41.3 Å². The average molecular weight is 255 g/mol.